The summed E-state index contributed by atoms with van der Waals surface area (Å²) in [4.78, 5) is 0. The molecule has 0 atom stereocenters. The lowest BCUT2D eigenvalue weighted by atomic mass is 9.83. The summed E-state index contributed by atoms with van der Waals surface area (Å²) in [7, 11) is 0. The summed E-state index contributed by atoms with van der Waals surface area (Å²) in [5.74, 6) is 0.846. The molecule has 0 aliphatic carbocycles. The van der Waals surface area contributed by atoms with E-state index in [0.29, 0.717) is 0 Å². The second-order valence-electron chi connectivity index (χ2n) is 12.7. The fourth-order valence-electron chi connectivity index (χ4n) is 8.03. The van der Waals surface area contributed by atoms with Crippen molar-refractivity contribution in [3.05, 3.63) is 158 Å². The summed E-state index contributed by atoms with van der Waals surface area (Å²) >= 11 is 0. The van der Waals surface area contributed by atoms with E-state index in [1.807, 2.05) is 30.3 Å². The third-order valence-electron chi connectivity index (χ3n) is 10.1. The van der Waals surface area contributed by atoms with Gasteiger partial charge in [0.15, 0.2) is 0 Å². The Hall–Kier alpha value is -6.58. The van der Waals surface area contributed by atoms with Gasteiger partial charge in [0.2, 0.25) is 0 Å². The molecule has 11 rings (SSSR count). The molecule has 0 saturated carbocycles. The number of para-hydroxylation sites is 2. The van der Waals surface area contributed by atoms with Crippen LogP contribution in [0.5, 0.6) is 0 Å². The number of fused-ring (bicyclic) bond motifs is 9. The van der Waals surface area contributed by atoms with E-state index >= 15 is 0 Å². The number of hydrogen-bond acceptors (Lipinski definition) is 3. The molecule has 0 fully saturated rings. The summed E-state index contributed by atoms with van der Waals surface area (Å²) in [5, 5.41) is 10.2. The maximum atomic E-state index is 6.88. The minimum absolute atomic E-state index is 0.798. The number of furan rings is 3. The number of rotatable bonds is 3. The predicted octanol–water partition coefficient (Wildman–Crippen LogP) is 13.5. The topological polar surface area (TPSA) is 39.4 Å². The normalized spacial score (nSPS) is 12.1. The van der Waals surface area contributed by atoms with Crippen LogP contribution in [0, 0.1) is 0 Å². The molecule has 0 saturated heterocycles. The first-order valence-electron chi connectivity index (χ1n) is 16.6. The van der Waals surface area contributed by atoms with Gasteiger partial charge < -0.3 is 13.3 Å². The molecule has 3 heteroatoms. The molecule has 228 valence electrons. The van der Waals surface area contributed by atoms with Crippen molar-refractivity contribution < 1.29 is 13.3 Å². The van der Waals surface area contributed by atoms with Gasteiger partial charge in [-0.1, -0.05) is 127 Å². The average molecular weight is 627 g/mol. The maximum absolute atomic E-state index is 6.88. The number of hydrogen-bond donors (Lipinski definition) is 0. The summed E-state index contributed by atoms with van der Waals surface area (Å²) in [6, 6.07) is 55.3. The Kier molecular flexibility index (Phi) is 5.38. The van der Waals surface area contributed by atoms with Crippen LogP contribution < -0.4 is 0 Å². The fourth-order valence-corrected chi connectivity index (χ4v) is 8.03. The second kappa shape index (κ2) is 9.96. The Bertz CT molecular complexity index is 3040. The quantitative estimate of drug-likeness (QED) is 0.183. The van der Waals surface area contributed by atoms with E-state index in [1.165, 1.54) is 16.3 Å². The van der Waals surface area contributed by atoms with Gasteiger partial charge in [0, 0.05) is 49.7 Å². The molecule has 0 aliphatic heterocycles. The SMILES string of the molecule is c1ccc(-c2oc3cc4oc5ccccc5c4cc3c2-c2c3ccccc3c(-c3cccc4oc5ccccc5c34)c3ccccc23)cc1. The average Bonchev–Trinajstić information content (AvgIpc) is 3.84. The zero-order valence-corrected chi connectivity index (χ0v) is 26.2. The van der Waals surface area contributed by atoms with E-state index in [0.717, 1.165) is 93.6 Å². The van der Waals surface area contributed by atoms with Crippen LogP contribution >= 0.6 is 0 Å². The van der Waals surface area contributed by atoms with Gasteiger partial charge in [-0.25, -0.2) is 0 Å². The predicted molar refractivity (Wildman–Crippen MR) is 202 cm³/mol. The lowest BCUT2D eigenvalue weighted by molar-refractivity contribution is 0.629. The standard InChI is InChI=1S/C46H26O3/c1-2-13-27(14-3-1)46-45(36-25-35-28-15-8-10-22-37(28)48-40(35)26-41(36)49-46)44-31-18-6-4-16-29(31)42(30-17-5-7-19-32(30)44)34-21-12-24-39-43(34)33-20-9-11-23-38(33)47-39/h1-26H. The fraction of sp³-hybridized carbons (Fsp3) is 0. The Labute approximate surface area is 280 Å². The van der Waals surface area contributed by atoms with Crippen LogP contribution in [0.15, 0.2) is 171 Å². The highest BCUT2D eigenvalue weighted by Crippen LogP contribution is 2.51. The monoisotopic (exact) mass is 626 g/mol. The van der Waals surface area contributed by atoms with E-state index in [9.17, 15) is 0 Å². The van der Waals surface area contributed by atoms with Crippen molar-refractivity contribution in [2.75, 3.05) is 0 Å². The lowest BCUT2D eigenvalue weighted by Gasteiger charge is -2.18. The van der Waals surface area contributed by atoms with Crippen LogP contribution in [-0.2, 0) is 0 Å². The van der Waals surface area contributed by atoms with E-state index in [-0.39, 0.29) is 0 Å². The van der Waals surface area contributed by atoms with Gasteiger partial charge in [0.1, 0.15) is 33.7 Å². The summed E-state index contributed by atoms with van der Waals surface area (Å²) in [6.45, 7) is 0. The van der Waals surface area contributed by atoms with Crippen molar-refractivity contribution >= 4 is 76.4 Å². The summed E-state index contributed by atoms with van der Waals surface area (Å²) < 4.78 is 19.6. The molecule has 11 aromatic rings. The molecule has 0 N–H and O–H groups in total. The van der Waals surface area contributed by atoms with Crippen molar-refractivity contribution in [3.63, 3.8) is 0 Å². The molecular weight excluding hydrogens is 601 g/mol. The van der Waals surface area contributed by atoms with Crippen LogP contribution in [-0.4, -0.2) is 0 Å². The Balaban J connectivity index is 1.32. The Morgan fingerprint density at radius 2 is 0.816 bits per heavy atom. The van der Waals surface area contributed by atoms with Gasteiger partial charge in [-0.3, -0.25) is 0 Å². The van der Waals surface area contributed by atoms with Crippen molar-refractivity contribution in [1.82, 2.24) is 0 Å². The molecule has 0 bridgehead atoms. The molecule has 0 unspecified atom stereocenters. The van der Waals surface area contributed by atoms with Crippen LogP contribution in [0.1, 0.15) is 0 Å². The molecule has 8 aromatic carbocycles. The molecular formula is C46H26O3. The minimum Gasteiger partial charge on any atom is -0.456 e. The van der Waals surface area contributed by atoms with Crippen LogP contribution in [0.3, 0.4) is 0 Å². The van der Waals surface area contributed by atoms with E-state index in [4.69, 9.17) is 13.3 Å². The summed E-state index contributed by atoms with van der Waals surface area (Å²) in [6.07, 6.45) is 0. The van der Waals surface area contributed by atoms with E-state index in [2.05, 4.69) is 127 Å². The molecule has 0 aliphatic rings. The first-order chi connectivity index (χ1) is 24.3. The molecule has 0 radical (unpaired) electrons. The van der Waals surface area contributed by atoms with E-state index < -0.39 is 0 Å². The highest BCUT2D eigenvalue weighted by molar-refractivity contribution is 6.28. The van der Waals surface area contributed by atoms with Crippen molar-refractivity contribution in [2.45, 2.75) is 0 Å². The highest BCUT2D eigenvalue weighted by atomic mass is 16.3. The Morgan fingerprint density at radius 3 is 1.53 bits per heavy atom. The van der Waals surface area contributed by atoms with Crippen LogP contribution in [0.4, 0.5) is 0 Å². The third-order valence-corrected chi connectivity index (χ3v) is 10.1. The van der Waals surface area contributed by atoms with Crippen molar-refractivity contribution in [3.8, 4) is 33.6 Å². The molecule has 0 spiro atoms. The van der Waals surface area contributed by atoms with Gasteiger partial charge in [-0.15, -0.1) is 0 Å². The minimum atomic E-state index is 0.798. The summed E-state index contributed by atoms with van der Waals surface area (Å²) in [5.41, 5.74) is 9.90. The first kappa shape index (κ1) is 26.5. The number of benzene rings is 8. The second-order valence-corrected chi connectivity index (χ2v) is 12.7. The van der Waals surface area contributed by atoms with Crippen LogP contribution in [0.2, 0.25) is 0 Å². The molecule has 49 heavy (non-hydrogen) atoms. The smallest absolute Gasteiger partial charge is 0.143 e. The maximum Gasteiger partial charge on any atom is 0.143 e. The molecule has 3 heterocycles. The van der Waals surface area contributed by atoms with Gasteiger partial charge in [-0.05, 0) is 56.9 Å². The molecule has 3 aromatic heterocycles. The third kappa shape index (κ3) is 3.73. The first-order valence-corrected chi connectivity index (χ1v) is 16.6. The van der Waals surface area contributed by atoms with Gasteiger partial charge >= 0.3 is 0 Å². The molecule has 3 nitrogen and oxygen atoms in total. The molecule has 0 amide bonds. The Morgan fingerprint density at radius 1 is 0.286 bits per heavy atom. The highest BCUT2D eigenvalue weighted by Gasteiger charge is 2.26. The van der Waals surface area contributed by atoms with Gasteiger partial charge in [0.05, 0.1) is 0 Å². The van der Waals surface area contributed by atoms with Gasteiger partial charge in [0.25, 0.3) is 0 Å². The zero-order chi connectivity index (χ0) is 32.1. The largest absolute Gasteiger partial charge is 0.456 e. The van der Waals surface area contributed by atoms with Crippen LogP contribution in [0.25, 0.3) is 110 Å². The van der Waals surface area contributed by atoms with Crippen molar-refractivity contribution in [1.29, 1.82) is 0 Å². The zero-order valence-electron chi connectivity index (χ0n) is 26.2. The lowest BCUT2D eigenvalue weighted by Crippen LogP contribution is -1.92. The van der Waals surface area contributed by atoms with Gasteiger partial charge in [-0.2, -0.15) is 0 Å². The van der Waals surface area contributed by atoms with Crippen molar-refractivity contribution in [2.24, 2.45) is 0 Å². The van der Waals surface area contributed by atoms with E-state index in [1.54, 1.807) is 0 Å².